The molecule has 1 heterocycles. The van der Waals surface area contributed by atoms with Gasteiger partial charge in [-0.1, -0.05) is 11.6 Å². The van der Waals surface area contributed by atoms with Gasteiger partial charge in [-0.05, 0) is 34.1 Å². The van der Waals surface area contributed by atoms with Gasteiger partial charge in [0.1, 0.15) is 16.5 Å². The van der Waals surface area contributed by atoms with Gasteiger partial charge in [0.25, 0.3) is 10.0 Å². The molecule has 0 atom stereocenters. The first-order valence-corrected chi connectivity index (χ1v) is 8.26. The number of nitrogens with zero attached hydrogens (tertiary/aromatic N) is 1. The first kappa shape index (κ1) is 15.9. The fourth-order valence-electron chi connectivity index (χ4n) is 1.49. The fraction of sp³-hybridized carbons (Fsp3) is 0.0833. The molecule has 1 aromatic heterocycles. The quantitative estimate of drug-likeness (QED) is 0.834. The molecule has 2 aromatic rings. The summed E-state index contributed by atoms with van der Waals surface area (Å²) in [6, 6.07) is 6.16. The van der Waals surface area contributed by atoms with E-state index in [0.29, 0.717) is 15.9 Å². The molecule has 0 aliphatic carbocycles. The predicted octanol–water partition coefficient (Wildman–Crippen LogP) is 2.89. The van der Waals surface area contributed by atoms with Crippen LogP contribution in [0.4, 0.5) is 11.5 Å². The van der Waals surface area contributed by atoms with Crippen LogP contribution < -0.4 is 15.2 Å². The van der Waals surface area contributed by atoms with Crippen LogP contribution >= 0.6 is 27.5 Å². The number of rotatable bonds is 4. The molecule has 0 aliphatic heterocycles. The molecule has 0 radical (unpaired) electrons. The minimum absolute atomic E-state index is 0.0678. The molecule has 9 heteroatoms. The van der Waals surface area contributed by atoms with Crippen LogP contribution in [0.5, 0.6) is 5.75 Å². The zero-order valence-electron chi connectivity index (χ0n) is 10.8. The smallest absolute Gasteiger partial charge is 0.263 e. The molecule has 0 amide bonds. The number of hydrogen-bond donors (Lipinski definition) is 2. The van der Waals surface area contributed by atoms with Crippen LogP contribution in [0, 0.1) is 0 Å². The van der Waals surface area contributed by atoms with Crippen molar-refractivity contribution in [1.29, 1.82) is 0 Å². The van der Waals surface area contributed by atoms with E-state index < -0.39 is 10.0 Å². The van der Waals surface area contributed by atoms with Gasteiger partial charge in [0.05, 0.1) is 17.8 Å². The summed E-state index contributed by atoms with van der Waals surface area (Å²) in [6.07, 6.45) is 1.14. The van der Waals surface area contributed by atoms with Crippen molar-refractivity contribution in [2.75, 3.05) is 17.6 Å². The Morgan fingerprint density at radius 3 is 2.71 bits per heavy atom. The lowest BCUT2D eigenvalue weighted by Gasteiger charge is -2.11. The van der Waals surface area contributed by atoms with E-state index >= 15 is 0 Å². The first-order valence-electron chi connectivity index (χ1n) is 5.61. The Bertz CT molecular complexity index is 783. The summed E-state index contributed by atoms with van der Waals surface area (Å²) in [5.41, 5.74) is 5.80. The summed E-state index contributed by atoms with van der Waals surface area (Å²) < 4.78 is 32.7. The van der Waals surface area contributed by atoms with Gasteiger partial charge in [0.2, 0.25) is 0 Å². The number of nitrogens with one attached hydrogen (secondary N) is 1. The molecule has 0 unspecified atom stereocenters. The summed E-state index contributed by atoms with van der Waals surface area (Å²) in [7, 11) is -2.35. The van der Waals surface area contributed by atoms with E-state index in [1.165, 1.54) is 13.2 Å². The maximum absolute atomic E-state index is 12.3. The molecule has 0 aliphatic rings. The van der Waals surface area contributed by atoms with Crippen LogP contribution in [-0.2, 0) is 10.0 Å². The predicted molar refractivity (Wildman–Crippen MR) is 85.2 cm³/mol. The van der Waals surface area contributed by atoms with Gasteiger partial charge in [-0.2, -0.15) is 0 Å². The Morgan fingerprint density at radius 1 is 1.38 bits per heavy atom. The summed E-state index contributed by atoms with van der Waals surface area (Å²) in [6.45, 7) is 0. The van der Waals surface area contributed by atoms with Gasteiger partial charge in [-0.15, -0.1) is 0 Å². The molecule has 0 saturated heterocycles. The van der Waals surface area contributed by atoms with Crippen molar-refractivity contribution in [3.8, 4) is 5.75 Å². The van der Waals surface area contributed by atoms with Gasteiger partial charge >= 0.3 is 0 Å². The van der Waals surface area contributed by atoms with Gasteiger partial charge in [0.15, 0.2) is 0 Å². The molecule has 0 fully saturated rings. The monoisotopic (exact) mass is 391 g/mol. The van der Waals surface area contributed by atoms with Gasteiger partial charge < -0.3 is 10.5 Å². The normalized spacial score (nSPS) is 11.2. The van der Waals surface area contributed by atoms with Gasteiger partial charge in [0, 0.05) is 16.7 Å². The third-order valence-electron chi connectivity index (χ3n) is 2.57. The third-order valence-corrected chi connectivity index (χ3v) is 4.90. The van der Waals surface area contributed by atoms with E-state index in [9.17, 15) is 8.42 Å². The van der Waals surface area contributed by atoms with E-state index in [1.54, 1.807) is 18.2 Å². The number of ether oxygens (including phenoxy) is 1. The van der Waals surface area contributed by atoms with Crippen LogP contribution in [-0.4, -0.2) is 20.5 Å². The Kier molecular flexibility index (Phi) is 4.60. The largest absolute Gasteiger partial charge is 0.497 e. The summed E-state index contributed by atoms with van der Waals surface area (Å²) in [5.74, 6) is 0.586. The number of pyridine rings is 1. The van der Waals surface area contributed by atoms with E-state index in [2.05, 4.69) is 25.6 Å². The van der Waals surface area contributed by atoms with E-state index in [1.807, 2.05) is 0 Å². The third kappa shape index (κ3) is 3.58. The molecule has 1 aromatic carbocycles. The number of sulfonamides is 1. The van der Waals surface area contributed by atoms with Gasteiger partial charge in [-0.25, -0.2) is 13.4 Å². The maximum atomic E-state index is 12.3. The summed E-state index contributed by atoms with van der Waals surface area (Å²) in [5, 5.41) is 0.0718. The second kappa shape index (κ2) is 6.08. The highest BCUT2D eigenvalue weighted by Crippen LogP contribution is 2.29. The molecule has 0 spiro atoms. The average molecular weight is 393 g/mol. The number of anilines is 2. The van der Waals surface area contributed by atoms with Crippen molar-refractivity contribution < 1.29 is 13.2 Å². The van der Waals surface area contributed by atoms with Crippen molar-refractivity contribution in [1.82, 2.24) is 4.98 Å². The Morgan fingerprint density at radius 2 is 2.10 bits per heavy atom. The molecule has 6 nitrogen and oxygen atoms in total. The van der Waals surface area contributed by atoms with Crippen LogP contribution in [0.25, 0.3) is 0 Å². The standard InChI is InChI=1S/C12H11BrClN3O3S/c1-20-7-2-3-9(13)11(4-7)17-21(18,19)8-5-10(14)12(15)16-6-8/h2-6,17H,1H3,(H2,15,16). The lowest BCUT2D eigenvalue weighted by molar-refractivity contribution is 0.415. The lowest BCUT2D eigenvalue weighted by atomic mass is 10.3. The van der Waals surface area contributed by atoms with E-state index in [-0.39, 0.29) is 15.7 Å². The van der Waals surface area contributed by atoms with Crippen LogP contribution in [0.15, 0.2) is 39.8 Å². The zero-order valence-corrected chi connectivity index (χ0v) is 14.0. The lowest BCUT2D eigenvalue weighted by Crippen LogP contribution is -2.14. The summed E-state index contributed by atoms with van der Waals surface area (Å²) >= 11 is 9.06. The zero-order chi connectivity index (χ0) is 15.6. The van der Waals surface area contributed by atoms with Crippen LogP contribution in [0.1, 0.15) is 0 Å². The van der Waals surface area contributed by atoms with E-state index in [0.717, 1.165) is 6.20 Å². The highest BCUT2D eigenvalue weighted by atomic mass is 79.9. The highest BCUT2D eigenvalue weighted by molar-refractivity contribution is 9.10. The Balaban J connectivity index is 2.39. The molecular formula is C12H11BrClN3O3S. The number of nitrogen functional groups attached to an aromatic ring is 1. The number of methoxy groups -OCH3 is 1. The molecular weight excluding hydrogens is 382 g/mol. The topological polar surface area (TPSA) is 94.3 Å². The minimum Gasteiger partial charge on any atom is -0.497 e. The molecule has 21 heavy (non-hydrogen) atoms. The highest BCUT2D eigenvalue weighted by Gasteiger charge is 2.18. The number of benzene rings is 1. The number of nitrogens with two attached hydrogens (primary N) is 1. The van der Waals surface area contributed by atoms with Crippen molar-refractivity contribution in [2.45, 2.75) is 4.90 Å². The SMILES string of the molecule is COc1ccc(Br)c(NS(=O)(=O)c2cnc(N)c(Cl)c2)c1. The Hall–Kier alpha value is -1.51. The van der Waals surface area contributed by atoms with Crippen molar-refractivity contribution in [2.24, 2.45) is 0 Å². The molecule has 2 rings (SSSR count). The fourth-order valence-corrected chi connectivity index (χ4v) is 3.24. The first-order chi connectivity index (χ1) is 9.83. The molecule has 112 valence electrons. The summed E-state index contributed by atoms with van der Waals surface area (Å²) in [4.78, 5) is 3.65. The number of halogens is 2. The molecule has 0 bridgehead atoms. The second-order valence-electron chi connectivity index (χ2n) is 3.99. The number of hydrogen-bond acceptors (Lipinski definition) is 5. The van der Waals surface area contributed by atoms with Crippen LogP contribution in [0.3, 0.4) is 0 Å². The van der Waals surface area contributed by atoms with Gasteiger partial charge in [-0.3, -0.25) is 4.72 Å². The Labute approximate surface area is 135 Å². The van der Waals surface area contributed by atoms with Crippen molar-refractivity contribution >= 4 is 49.1 Å². The van der Waals surface area contributed by atoms with Crippen LogP contribution in [0.2, 0.25) is 5.02 Å². The van der Waals surface area contributed by atoms with Crippen molar-refractivity contribution in [3.63, 3.8) is 0 Å². The van der Waals surface area contributed by atoms with Crippen molar-refractivity contribution in [3.05, 3.63) is 40.0 Å². The van der Waals surface area contributed by atoms with E-state index in [4.69, 9.17) is 22.1 Å². The maximum Gasteiger partial charge on any atom is 0.263 e. The molecule has 3 N–H and O–H groups in total. The number of aromatic nitrogens is 1. The minimum atomic E-state index is -3.84. The second-order valence-corrected chi connectivity index (χ2v) is 6.93. The average Bonchev–Trinajstić information content (AvgIpc) is 2.44. The molecule has 0 saturated carbocycles.